The van der Waals surface area contributed by atoms with Crippen LogP contribution in [0.25, 0.3) is 0 Å². The molecule has 0 radical (unpaired) electrons. The summed E-state index contributed by atoms with van der Waals surface area (Å²) in [5, 5.41) is 0. The molecule has 0 atom stereocenters. The zero-order chi connectivity index (χ0) is 14.5. The minimum absolute atomic E-state index is 0.0851. The smallest absolute Gasteiger partial charge is 0.387 e. The Hall–Kier alpha value is -2.44. The van der Waals surface area contributed by atoms with E-state index in [-0.39, 0.29) is 17.9 Å². The van der Waals surface area contributed by atoms with Gasteiger partial charge >= 0.3 is 6.61 Å². The zero-order valence-corrected chi connectivity index (χ0v) is 10.7. The maximum Gasteiger partial charge on any atom is 0.387 e. The highest BCUT2D eigenvalue weighted by Gasteiger charge is 2.19. The van der Waals surface area contributed by atoms with Gasteiger partial charge in [0.2, 0.25) is 0 Å². The molecule has 0 aliphatic carbocycles. The number of carbonyl (C=O) groups is 1. The fraction of sp³-hybridized carbons (Fsp3) is 0.231. The van der Waals surface area contributed by atoms with E-state index in [9.17, 15) is 13.6 Å². The quantitative estimate of drug-likeness (QED) is 0.914. The van der Waals surface area contributed by atoms with E-state index >= 15 is 0 Å². The van der Waals surface area contributed by atoms with E-state index < -0.39 is 12.5 Å². The molecule has 2 aromatic rings. The number of H-pyrrole nitrogens is 1. The van der Waals surface area contributed by atoms with Gasteiger partial charge < -0.3 is 14.6 Å². The maximum absolute atomic E-state index is 12.3. The molecule has 1 aromatic heterocycles. The standard InChI is InChI=1S/C13H13F2N3O2/c1-18(8-11-16-6-7-17-11)12(19)9-4-2-3-5-10(9)20-13(14)15/h2-7,13H,8H2,1H3,(H,16,17). The number of benzene rings is 1. The predicted molar refractivity (Wildman–Crippen MR) is 67.5 cm³/mol. The summed E-state index contributed by atoms with van der Waals surface area (Å²) < 4.78 is 29.0. The van der Waals surface area contributed by atoms with Crippen LogP contribution in [0, 0.1) is 0 Å². The number of carbonyl (C=O) groups excluding carboxylic acids is 1. The average molecular weight is 281 g/mol. The number of amides is 1. The normalized spacial score (nSPS) is 10.6. The van der Waals surface area contributed by atoms with Crippen LogP contribution in [0.5, 0.6) is 5.75 Å². The van der Waals surface area contributed by atoms with Crippen LogP contribution in [0.4, 0.5) is 8.78 Å². The summed E-state index contributed by atoms with van der Waals surface area (Å²) >= 11 is 0. The summed E-state index contributed by atoms with van der Waals surface area (Å²) in [5.41, 5.74) is 0.0851. The largest absolute Gasteiger partial charge is 0.434 e. The van der Waals surface area contributed by atoms with E-state index in [1.165, 1.54) is 23.1 Å². The van der Waals surface area contributed by atoms with Crippen LogP contribution in [0.3, 0.4) is 0 Å². The van der Waals surface area contributed by atoms with Crippen molar-refractivity contribution in [1.29, 1.82) is 0 Å². The predicted octanol–water partition coefficient (Wildman–Crippen LogP) is 2.28. The first-order chi connectivity index (χ1) is 9.58. The summed E-state index contributed by atoms with van der Waals surface area (Å²) in [5.74, 6) is 0.0459. The lowest BCUT2D eigenvalue weighted by atomic mass is 10.2. The van der Waals surface area contributed by atoms with Crippen molar-refractivity contribution in [3.63, 3.8) is 0 Å². The fourth-order valence-electron chi connectivity index (χ4n) is 1.73. The highest BCUT2D eigenvalue weighted by molar-refractivity contribution is 5.96. The molecule has 0 fully saturated rings. The van der Waals surface area contributed by atoms with Gasteiger partial charge in [-0.3, -0.25) is 4.79 Å². The Bertz CT molecular complexity index is 573. The average Bonchev–Trinajstić information content (AvgIpc) is 2.90. The van der Waals surface area contributed by atoms with Crippen molar-refractivity contribution in [2.75, 3.05) is 7.05 Å². The van der Waals surface area contributed by atoms with Gasteiger partial charge in [0.25, 0.3) is 5.91 Å². The fourth-order valence-corrected chi connectivity index (χ4v) is 1.73. The molecule has 0 aliphatic heterocycles. The van der Waals surface area contributed by atoms with E-state index in [4.69, 9.17) is 0 Å². The van der Waals surface area contributed by atoms with Crippen molar-refractivity contribution in [3.05, 3.63) is 48.0 Å². The van der Waals surface area contributed by atoms with Gasteiger partial charge in [-0.1, -0.05) is 12.1 Å². The molecule has 0 spiro atoms. The van der Waals surface area contributed by atoms with Crippen LogP contribution in [-0.2, 0) is 6.54 Å². The molecule has 1 amide bonds. The summed E-state index contributed by atoms with van der Waals surface area (Å²) in [6, 6.07) is 5.89. The molecule has 0 aliphatic rings. The molecule has 2 rings (SSSR count). The van der Waals surface area contributed by atoms with Gasteiger partial charge in [-0.05, 0) is 12.1 Å². The monoisotopic (exact) mass is 281 g/mol. The van der Waals surface area contributed by atoms with Crippen molar-refractivity contribution in [3.8, 4) is 5.75 Å². The summed E-state index contributed by atoms with van der Waals surface area (Å²) in [6.07, 6.45) is 3.21. The van der Waals surface area contributed by atoms with Crippen molar-refractivity contribution in [2.45, 2.75) is 13.2 Å². The Morgan fingerprint density at radius 3 is 2.85 bits per heavy atom. The van der Waals surface area contributed by atoms with Crippen molar-refractivity contribution in [2.24, 2.45) is 0 Å². The number of nitrogens with one attached hydrogen (secondary N) is 1. The van der Waals surface area contributed by atoms with Crippen molar-refractivity contribution in [1.82, 2.24) is 14.9 Å². The first-order valence-corrected chi connectivity index (χ1v) is 5.85. The molecule has 1 heterocycles. The Kier molecular flexibility index (Phi) is 4.29. The second-order valence-electron chi connectivity index (χ2n) is 4.07. The highest BCUT2D eigenvalue weighted by atomic mass is 19.3. The maximum atomic E-state index is 12.3. The van der Waals surface area contributed by atoms with Crippen molar-refractivity contribution < 1.29 is 18.3 Å². The molecular weight excluding hydrogens is 268 g/mol. The highest BCUT2D eigenvalue weighted by Crippen LogP contribution is 2.21. The molecule has 0 unspecified atom stereocenters. The van der Waals surface area contributed by atoms with Crippen LogP contribution >= 0.6 is 0 Å². The number of para-hydroxylation sites is 1. The first-order valence-electron chi connectivity index (χ1n) is 5.85. The van der Waals surface area contributed by atoms with Gasteiger partial charge in [0.05, 0.1) is 12.1 Å². The second kappa shape index (κ2) is 6.14. The molecule has 7 heteroatoms. The van der Waals surface area contributed by atoms with Gasteiger partial charge in [-0.25, -0.2) is 4.98 Å². The van der Waals surface area contributed by atoms with E-state index in [1.807, 2.05) is 0 Å². The molecule has 106 valence electrons. The number of ether oxygens (including phenoxy) is 1. The minimum atomic E-state index is -2.97. The van der Waals surface area contributed by atoms with Crippen molar-refractivity contribution >= 4 is 5.91 Å². The third kappa shape index (κ3) is 3.31. The number of rotatable bonds is 5. The van der Waals surface area contributed by atoms with Gasteiger partial charge in [0.1, 0.15) is 11.6 Å². The van der Waals surface area contributed by atoms with E-state index in [1.54, 1.807) is 25.5 Å². The lowest BCUT2D eigenvalue weighted by Gasteiger charge is -2.17. The molecule has 20 heavy (non-hydrogen) atoms. The lowest BCUT2D eigenvalue weighted by molar-refractivity contribution is -0.0502. The zero-order valence-electron chi connectivity index (χ0n) is 10.7. The number of halogens is 2. The molecule has 0 saturated heterocycles. The molecule has 1 N–H and O–H groups in total. The Morgan fingerprint density at radius 2 is 2.20 bits per heavy atom. The molecule has 1 aromatic carbocycles. The number of imidazole rings is 1. The molecular formula is C13H13F2N3O2. The van der Waals surface area contributed by atoms with Gasteiger partial charge in [-0.2, -0.15) is 8.78 Å². The van der Waals surface area contributed by atoms with E-state index in [2.05, 4.69) is 14.7 Å². The third-order valence-corrected chi connectivity index (χ3v) is 2.62. The summed E-state index contributed by atoms with van der Waals surface area (Å²) in [7, 11) is 1.56. The number of hydrogen-bond donors (Lipinski definition) is 1. The summed E-state index contributed by atoms with van der Waals surface area (Å²) in [6.45, 7) is -2.73. The molecule has 5 nitrogen and oxygen atoms in total. The van der Waals surface area contributed by atoms with Crippen LogP contribution in [0.2, 0.25) is 0 Å². The minimum Gasteiger partial charge on any atom is -0.434 e. The molecule has 0 saturated carbocycles. The van der Waals surface area contributed by atoms with Crippen LogP contribution in [0.15, 0.2) is 36.7 Å². The van der Waals surface area contributed by atoms with Crippen LogP contribution in [0.1, 0.15) is 16.2 Å². The van der Waals surface area contributed by atoms with Gasteiger partial charge in [0.15, 0.2) is 0 Å². The summed E-state index contributed by atoms with van der Waals surface area (Å²) in [4.78, 5) is 20.5. The SMILES string of the molecule is CN(Cc1ncc[nH]1)C(=O)c1ccccc1OC(F)F. The lowest BCUT2D eigenvalue weighted by Crippen LogP contribution is -2.27. The number of aromatic nitrogens is 2. The Balaban J connectivity index is 2.15. The topological polar surface area (TPSA) is 58.2 Å². The van der Waals surface area contributed by atoms with E-state index in [0.29, 0.717) is 5.82 Å². The van der Waals surface area contributed by atoms with E-state index in [0.717, 1.165) is 0 Å². The first kappa shape index (κ1) is 14.0. The van der Waals surface area contributed by atoms with Crippen LogP contribution in [-0.4, -0.2) is 34.4 Å². The Morgan fingerprint density at radius 1 is 1.45 bits per heavy atom. The third-order valence-electron chi connectivity index (χ3n) is 2.62. The van der Waals surface area contributed by atoms with Gasteiger partial charge in [0, 0.05) is 19.4 Å². The number of nitrogens with zero attached hydrogens (tertiary/aromatic N) is 2. The number of alkyl halides is 2. The van der Waals surface area contributed by atoms with Crippen LogP contribution < -0.4 is 4.74 Å². The molecule has 0 bridgehead atoms. The van der Waals surface area contributed by atoms with Gasteiger partial charge in [-0.15, -0.1) is 0 Å². The second-order valence-corrected chi connectivity index (χ2v) is 4.07. The number of hydrogen-bond acceptors (Lipinski definition) is 3. The Labute approximate surface area is 114 Å². The number of aromatic amines is 1.